The van der Waals surface area contributed by atoms with Crippen molar-refractivity contribution in [2.45, 2.75) is 38.6 Å². The Hall–Kier alpha value is 0.1000. The topological polar surface area (TPSA) is 15.3 Å². The minimum absolute atomic E-state index is 0.603. The summed E-state index contributed by atoms with van der Waals surface area (Å²) < 4.78 is 1.23. The highest BCUT2D eigenvalue weighted by Gasteiger charge is 2.31. The van der Waals surface area contributed by atoms with Crippen molar-refractivity contribution < 1.29 is 0 Å². The van der Waals surface area contributed by atoms with E-state index in [4.69, 9.17) is 0 Å². The molecule has 1 N–H and O–H groups in total. The molecule has 0 aromatic carbocycles. The van der Waals surface area contributed by atoms with Crippen molar-refractivity contribution in [3.05, 3.63) is 20.8 Å². The second-order valence-corrected chi connectivity index (χ2v) is 7.32. The van der Waals surface area contributed by atoms with Gasteiger partial charge in [0, 0.05) is 20.8 Å². The molecular formula is C15H25BrN2S. The van der Waals surface area contributed by atoms with Gasteiger partial charge < -0.3 is 5.32 Å². The first-order chi connectivity index (χ1) is 9.26. The van der Waals surface area contributed by atoms with Gasteiger partial charge in [-0.25, -0.2) is 0 Å². The Bertz CT molecular complexity index is 364. The molecule has 0 amide bonds. The second-order valence-electron chi connectivity index (χ2n) is 5.46. The normalized spacial score (nSPS) is 25.4. The molecule has 1 saturated heterocycles. The maximum atomic E-state index is 3.61. The van der Waals surface area contributed by atoms with Gasteiger partial charge in [-0.2, -0.15) is 0 Å². The number of hydrogen-bond donors (Lipinski definition) is 1. The average molecular weight is 345 g/mol. The molecule has 0 saturated carbocycles. The van der Waals surface area contributed by atoms with Crippen LogP contribution in [0.15, 0.2) is 15.9 Å². The van der Waals surface area contributed by atoms with E-state index in [9.17, 15) is 0 Å². The minimum atomic E-state index is 0.603. The Morgan fingerprint density at radius 1 is 1.47 bits per heavy atom. The molecule has 0 aliphatic carbocycles. The number of nitrogens with zero attached hydrogens (tertiary/aromatic N) is 1. The predicted octanol–water partition coefficient (Wildman–Crippen LogP) is 4.28. The standard InChI is InChI=1S/C15H25BrN2S/c1-3-7-18-8-5-4-6-12(10-17-2)15(18)14-9-13(16)11-19-14/h9,11-12,15,17H,3-8,10H2,1-2H3. The second kappa shape index (κ2) is 7.77. The van der Waals surface area contributed by atoms with E-state index >= 15 is 0 Å². The zero-order valence-electron chi connectivity index (χ0n) is 12.0. The van der Waals surface area contributed by atoms with E-state index in [1.165, 1.54) is 48.1 Å². The van der Waals surface area contributed by atoms with Crippen LogP contribution in [0.25, 0.3) is 0 Å². The Labute approximate surface area is 129 Å². The largest absolute Gasteiger partial charge is 0.319 e. The molecule has 2 rings (SSSR count). The van der Waals surface area contributed by atoms with Gasteiger partial charge in [0.25, 0.3) is 0 Å². The van der Waals surface area contributed by atoms with E-state index in [0.29, 0.717) is 6.04 Å². The lowest BCUT2D eigenvalue weighted by Gasteiger charge is -2.34. The summed E-state index contributed by atoms with van der Waals surface area (Å²) in [5, 5.41) is 5.62. The number of halogens is 1. The molecule has 2 atom stereocenters. The van der Waals surface area contributed by atoms with E-state index in [1.54, 1.807) is 0 Å². The molecule has 2 nitrogen and oxygen atoms in total. The van der Waals surface area contributed by atoms with Crippen LogP contribution in [0, 0.1) is 5.92 Å². The molecule has 4 heteroatoms. The van der Waals surface area contributed by atoms with Crippen molar-refractivity contribution in [1.82, 2.24) is 10.2 Å². The van der Waals surface area contributed by atoms with Crippen LogP contribution in [0.1, 0.15) is 43.5 Å². The number of nitrogens with one attached hydrogen (secondary N) is 1. The van der Waals surface area contributed by atoms with Gasteiger partial charge in [-0.3, -0.25) is 4.90 Å². The van der Waals surface area contributed by atoms with Crippen LogP contribution in [0.2, 0.25) is 0 Å². The zero-order chi connectivity index (χ0) is 13.7. The number of hydrogen-bond acceptors (Lipinski definition) is 3. The van der Waals surface area contributed by atoms with Crippen molar-refractivity contribution in [1.29, 1.82) is 0 Å². The molecule has 19 heavy (non-hydrogen) atoms. The minimum Gasteiger partial charge on any atom is -0.319 e. The fourth-order valence-corrected chi connectivity index (χ4v) is 4.90. The molecule has 2 heterocycles. The summed E-state index contributed by atoms with van der Waals surface area (Å²) in [6.45, 7) is 5.90. The first-order valence-corrected chi connectivity index (χ1v) is 9.06. The summed E-state index contributed by atoms with van der Waals surface area (Å²) in [7, 11) is 2.08. The molecule has 0 bridgehead atoms. The van der Waals surface area contributed by atoms with Gasteiger partial charge in [-0.1, -0.05) is 13.3 Å². The first kappa shape index (κ1) is 15.5. The number of rotatable bonds is 5. The third-order valence-corrected chi connectivity index (χ3v) is 5.73. The average Bonchev–Trinajstić information content (AvgIpc) is 2.71. The molecule has 1 fully saturated rings. The molecule has 1 aliphatic heterocycles. The van der Waals surface area contributed by atoms with Crippen molar-refractivity contribution in [2.75, 3.05) is 26.7 Å². The van der Waals surface area contributed by atoms with Gasteiger partial charge in [-0.15, -0.1) is 11.3 Å². The molecule has 1 aromatic rings. The third kappa shape index (κ3) is 4.03. The SMILES string of the molecule is CCCN1CCCCC(CNC)C1c1cc(Br)cs1. The van der Waals surface area contributed by atoms with Gasteiger partial charge in [0.2, 0.25) is 0 Å². The highest BCUT2D eigenvalue weighted by Crippen LogP contribution is 2.38. The lowest BCUT2D eigenvalue weighted by molar-refractivity contribution is 0.157. The van der Waals surface area contributed by atoms with E-state index in [-0.39, 0.29) is 0 Å². The zero-order valence-corrected chi connectivity index (χ0v) is 14.4. The van der Waals surface area contributed by atoms with Gasteiger partial charge in [0.05, 0.1) is 0 Å². The van der Waals surface area contributed by atoms with E-state index < -0.39 is 0 Å². The summed E-state index contributed by atoms with van der Waals surface area (Å²) in [5.41, 5.74) is 0. The molecule has 2 unspecified atom stereocenters. The van der Waals surface area contributed by atoms with Crippen molar-refractivity contribution in [2.24, 2.45) is 5.92 Å². The molecule has 1 aliphatic rings. The lowest BCUT2D eigenvalue weighted by atomic mass is 9.93. The Morgan fingerprint density at radius 2 is 2.32 bits per heavy atom. The lowest BCUT2D eigenvalue weighted by Crippen LogP contribution is -2.36. The third-order valence-electron chi connectivity index (χ3n) is 3.97. The summed E-state index contributed by atoms with van der Waals surface area (Å²) in [6.07, 6.45) is 5.31. The van der Waals surface area contributed by atoms with Gasteiger partial charge >= 0.3 is 0 Å². The maximum absolute atomic E-state index is 3.61. The molecular weight excluding hydrogens is 320 g/mol. The van der Waals surface area contributed by atoms with Crippen LogP contribution < -0.4 is 5.32 Å². The highest BCUT2D eigenvalue weighted by atomic mass is 79.9. The quantitative estimate of drug-likeness (QED) is 0.857. The van der Waals surface area contributed by atoms with Crippen molar-refractivity contribution >= 4 is 27.3 Å². The first-order valence-electron chi connectivity index (χ1n) is 7.38. The van der Waals surface area contributed by atoms with E-state index in [0.717, 1.165) is 12.5 Å². The van der Waals surface area contributed by atoms with E-state index in [1.807, 2.05) is 11.3 Å². The van der Waals surface area contributed by atoms with E-state index in [2.05, 4.69) is 51.6 Å². The monoisotopic (exact) mass is 344 g/mol. The molecule has 1 aromatic heterocycles. The van der Waals surface area contributed by atoms with Crippen LogP contribution in [0.4, 0.5) is 0 Å². The van der Waals surface area contributed by atoms with Crippen LogP contribution in [0.5, 0.6) is 0 Å². The molecule has 0 radical (unpaired) electrons. The fraction of sp³-hybridized carbons (Fsp3) is 0.733. The number of thiophene rings is 1. The molecule has 108 valence electrons. The van der Waals surface area contributed by atoms with Crippen LogP contribution in [-0.4, -0.2) is 31.6 Å². The van der Waals surface area contributed by atoms with Crippen LogP contribution >= 0.6 is 27.3 Å². The maximum Gasteiger partial charge on any atom is 0.0482 e. The summed E-state index contributed by atoms with van der Waals surface area (Å²) >= 11 is 5.52. The smallest absolute Gasteiger partial charge is 0.0482 e. The van der Waals surface area contributed by atoms with Gasteiger partial charge in [0.1, 0.15) is 0 Å². The number of likely N-dealkylation sites (tertiary alicyclic amines) is 1. The van der Waals surface area contributed by atoms with Gasteiger partial charge in [-0.05, 0) is 73.9 Å². The molecule has 0 spiro atoms. The Kier molecular flexibility index (Phi) is 6.33. The van der Waals surface area contributed by atoms with Crippen LogP contribution in [0.3, 0.4) is 0 Å². The highest BCUT2D eigenvalue weighted by molar-refractivity contribution is 9.10. The van der Waals surface area contributed by atoms with Crippen molar-refractivity contribution in [3.63, 3.8) is 0 Å². The van der Waals surface area contributed by atoms with Crippen molar-refractivity contribution in [3.8, 4) is 0 Å². The Balaban J connectivity index is 2.25. The van der Waals surface area contributed by atoms with Crippen LogP contribution in [-0.2, 0) is 0 Å². The predicted molar refractivity (Wildman–Crippen MR) is 87.9 cm³/mol. The fourth-order valence-electron chi connectivity index (χ4n) is 3.23. The summed E-state index contributed by atoms with van der Waals surface area (Å²) in [5.74, 6) is 0.740. The summed E-state index contributed by atoms with van der Waals surface area (Å²) in [6, 6.07) is 2.93. The van der Waals surface area contributed by atoms with Gasteiger partial charge in [0.15, 0.2) is 0 Å². The summed E-state index contributed by atoms with van der Waals surface area (Å²) in [4.78, 5) is 4.25. The Morgan fingerprint density at radius 3 is 2.95 bits per heavy atom.